The van der Waals surface area contributed by atoms with Crippen molar-refractivity contribution in [3.05, 3.63) is 105 Å². The van der Waals surface area contributed by atoms with Crippen LogP contribution < -0.4 is 35.4 Å². The minimum Gasteiger partial charge on any atom is -0.496 e. The highest BCUT2D eigenvalue weighted by Gasteiger charge is 2.36. The summed E-state index contributed by atoms with van der Waals surface area (Å²) in [5.74, 6) is 1.76. The number of carbonyl (C=O) groups is 2. The number of nitrogens with zero attached hydrogens (tertiary/aromatic N) is 6. The Morgan fingerprint density at radius 2 is 1.07 bits per heavy atom. The van der Waals surface area contributed by atoms with Crippen LogP contribution in [0.2, 0.25) is 0 Å². The lowest BCUT2D eigenvalue weighted by Crippen LogP contribution is -2.54. The summed E-state index contributed by atoms with van der Waals surface area (Å²) in [6.45, 7) is 2.51. The van der Waals surface area contributed by atoms with E-state index in [1.54, 1.807) is 85.1 Å². The van der Waals surface area contributed by atoms with Crippen molar-refractivity contribution in [2.24, 2.45) is 14.1 Å². The molecule has 2 fully saturated rings. The monoisotopic (exact) mass is 831 g/mol. The van der Waals surface area contributed by atoms with Crippen molar-refractivity contribution >= 4 is 33.4 Å². The van der Waals surface area contributed by atoms with Crippen LogP contribution in [0.15, 0.2) is 83.2 Å². The number of fused-ring (bicyclic) bond motifs is 2. The number of amides is 1. The van der Waals surface area contributed by atoms with E-state index >= 15 is 0 Å². The van der Waals surface area contributed by atoms with Gasteiger partial charge in [0.1, 0.15) is 29.0 Å². The zero-order valence-electron chi connectivity index (χ0n) is 35.2. The molecule has 0 bridgehead atoms. The third-order valence-electron chi connectivity index (χ3n) is 11.6. The molecule has 8 rings (SSSR count). The number of carbonyl (C=O) groups excluding carboxylic acids is 1. The Labute approximate surface area is 351 Å². The molecule has 2 atom stereocenters. The molecule has 61 heavy (non-hydrogen) atoms. The molecule has 318 valence electrons. The first-order valence-electron chi connectivity index (χ1n) is 19.7. The fourth-order valence-corrected chi connectivity index (χ4v) is 8.08. The van der Waals surface area contributed by atoms with Gasteiger partial charge >= 0.3 is 5.97 Å². The quantitative estimate of drug-likeness (QED) is 0.179. The van der Waals surface area contributed by atoms with Crippen LogP contribution in [0.4, 0.5) is 0 Å². The van der Waals surface area contributed by atoms with Crippen LogP contribution >= 0.6 is 0 Å². The Bertz CT molecular complexity index is 2720. The van der Waals surface area contributed by atoms with E-state index in [2.05, 4.69) is 20.2 Å². The number of hydrogen-bond donors (Lipinski definition) is 2. The van der Waals surface area contributed by atoms with Gasteiger partial charge in [-0.3, -0.25) is 38.9 Å². The van der Waals surface area contributed by atoms with E-state index in [-0.39, 0.29) is 23.1 Å². The average Bonchev–Trinajstić information content (AvgIpc) is 3.25. The van der Waals surface area contributed by atoms with Crippen LogP contribution in [-0.2, 0) is 36.8 Å². The molecule has 16 nitrogen and oxygen atoms in total. The van der Waals surface area contributed by atoms with Gasteiger partial charge in [-0.15, -0.1) is 0 Å². The SMILES string of the molecule is CNC(=O)[C@H]1CCN1Cc1c(OC)cc(-c2cn(C)c(=O)c3cnccc23)cc1OC.COc1cc(-c2cn(C)c(=O)c3cnccc23)cc(OC)c1CN1CC[C@@H]1C(=O)O. The second-order valence-electron chi connectivity index (χ2n) is 15.0. The molecule has 16 heteroatoms. The van der Waals surface area contributed by atoms with Crippen molar-refractivity contribution in [3.63, 3.8) is 0 Å². The maximum absolute atomic E-state index is 12.5. The van der Waals surface area contributed by atoms with Crippen molar-refractivity contribution in [3.8, 4) is 45.3 Å². The molecule has 0 spiro atoms. The maximum Gasteiger partial charge on any atom is 0.320 e. The van der Waals surface area contributed by atoms with E-state index < -0.39 is 12.0 Å². The Morgan fingerprint density at radius 3 is 1.39 bits per heavy atom. The summed E-state index contributed by atoms with van der Waals surface area (Å²) in [4.78, 5) is 60.6. The van der Waals surface area contributed by atoms with Gasteiger partial charge in [-0.05, 0) is 71.1 Å². The zero-order valence-corrected chi connectivity index (χ0v) is 35.2. The molecular formula is C45H49N7O9. The second kappa shape index (κ2) is 17.8. The van der Waals surface area contributed by atoms with Gasteiger partial charge < -0.3 is 38.5 Å². The number of carboxylic acids is 1. The van der Waals surface area contributed by atoms with Crippen molar-refractivity contribution in [1.82, 2.24) is 34.2 Å². The zero-order chi connectivity index (χ0) is 43.5. The second-order valence-corrected chi connectivity index (χ2v) is 15.0. The first kappa shape index (κ1) is 42.3. The van der Waals surface area contributed by atoms with E-state index in [0.717, 1.165) is 57.1 Å². The molecule has 2 saturated heterocycles. The van der Waals surface area contributed by atoms with Gasteiger partial charge in [0.05, 0.1) is 56.4 Å². The number of rotatable bonds is 12. The number of methoxy groups -OCH3 is 4. The number of aromatic nitrogens is 4. The van der Waals surface area contributed by atoms with Gasteiger partial charge in [0.25, 0.3) is 11.1 Å². The molecule has 2 aliphatic heterocycles. The van der Waals surface area contributed by atoms with Crippen LogP contribution in [-0.4, -0.2) is 107 Å². The Morgan fingerprint density at radius 1 is 0.672 bits per heavy atom. The average molecular weight is 832 g/mol. The molecule has 0 unspecified atom stereocenters. The summed E-state index contributed by atoms with van der Waals surface area (Å²) in [6, 6.07) is 10.7. The molecule has 0 radical (unpaired) electrons. The van der Waals surface area contributed by atoms with E-state index in [9.17, 15) is 24.3 Å². The minimum atomic E-state index is -0.818. The van der Waals surface area contributed by atoms with Crippen LogP contribution in [0.3, 0.4) is 0 Å². The summed E-state index contributed by atoms with van der Waals surface area (Å²) in [5.41, 5.74) is 4.91. The smallest absolute Gasteiger partial charge is 0.320 e. The van der Waals surface area contributed by atoms with E-state index in [1.807, 2.05) is 47.5 Å². The van der Waals surface area contributed by atoms with Crippen molar-refractivity contribution in [2.45, 2.75) is 38.0 Å². The lowest BCUT2D eigenvalue weighted by Gasteiger charge is -2.39. The third kappa shape index (κ3) is 8.11. The van der Waals surface area contributed by atoms with Crippen LogP contribution in [0.1, 0.15) is 24.0 Å². The van der Waals surface area contributed by atoms with Crippen molar-refractivity contribution in [2.75, 3.05) is 48.6 Å². The largest absolute Gasteiger partial charge is 0.496 e. The summed E-state index contributed by atoms with van der Waals surface area (Å²) >= 11 is 0. The van der Waals surface area contributed by atoms with Gasteiger partial charge in [-0.25, -0.2) is 0 Å². The lowest BCUT2D eigenvalue weighted by molar-refractivity contribution is -0.148. The third-order valence-corrected chi connectivity index (χ3v) is 11.6. The number of ether oxygens (including phenoxy) is 4. The molecule has 1 amide bonds. The minimum absolute atomic E-state index is 0.0195. The normalized spacial score (nSPS) is 16.2. The van der Waals surface area contributed by atoms with Crippen molar-refractivity contribution in [1.29, 1.82) is 0 Å². The van der Waals surface area contributed by atoms with Crippen LogP contribution in [0.5, 0.6) is 23.0 Å². The molecule has 2 aliphatic rings. The molecule has 6 heterocycles. The molecule has 6 aromatic rings. The van der Waals surface area contributed by atoms with Gasteiger partial charge in [0.15, 0.2) is 0 Å². The molecule has 0 aliphatic carbocycles. The highest BCUT2D eigenvalue weighted by molar-refractivity contribution is 5.97. The topological polar surface area (TPSA) is 180 Å². The standard InChI is InChI=1S/C23H26N4O4.C22H23N3O5/c1-24-22(28)19-6-8-27(19)13-18-20(30-3)9-14(10-21(18)31-4)17-12-26(2)23(29)16-11-25-7-5-15(16)17;1-24-11-16(14-4-6-23-10-15(14)21(24)26)13-8-19(29-2)17(20(9-13)30-3)12-25-7-5-18(25)22(27)28/h5,7,9-12,19H,6,8,13H2,1-4H3,(H,24,28);4,6,8-11,18H,5,7,12H2,1-3H3,(H,27,28)/t19-;18-/m11/s1. The molecule has 2 N–H and O–H groups in total. The van der Waals surface area contributed by atoms with Crippen LogP contribution in [0.25, 0.3) is 43.8 Å². The molecule has 2 aromatic carbocycles. The first-order valence-corrected chi connectivity index (χ1v) is 19.7. The Kier molecular flexibility index (Phi) is 12.4. The highest BCUT2D eigenvalue weighted by atomic mass is 16.5. The summed E-state index contributed by atoms with van der Waals surface area (Å²) in [7, 11) is 11.5. The number of pyridine rings is 4. The number of benzene rings is 2. The number of hydrogen-bond acceptors (Lipinski definition) is 12. The molecular weight excluding hydrogens is 783 g/mol. The van der Waals surface area contributed by atoms with E-state index in [0.29, 0.717) is 59.8 Å². The number of carboxylic acid groups (broad SMARTS) is 1. The van der Waals surface area contributed by atoms with Crippen LogP contribution in [0, 0.1) is 0 Å². The van der Waals surface area contributed by atoms with E-state index in [1.165, 1.54) is 4.57 Å². The maximum atomic E-state index is 12.5. The molecule has 4 aromatic heterocycles. The molecule has 0 saturated carbocycles. The number of aliphatic carboxylic acids is 1. The number of aryl methyl sites for hydroxylation is 2. The number of likely N-dealkylation sites (tertiary alicyclic amines) is 2. The summed E-state index contributed by atoms with van der Waals surface area (Å²) < 4.78 is 25.8. The Balaban J connectivity index is 0.000000184. The fraction of sp³-hybridized carbons (Fsp3) is 0.333. The van der Waals surface area contributed by atoms with Gasteiger partial charge in [-0.2, -0.15) is 0 Å². The first-order chi connectivity index (χ1) is 29.4. The fourth-order valence-electron chi connectivity index (χ4n) is 8.08. The Hall–Kier alpha value is -6.78. The van der Waals surface area contributed by atoms with Gasteiger partial charge in [0, 0.05) is 95.6 Å². The van der Waals surface area contributed by atoms with Gasteiger partial charge in [-0.1, -0.05) is 0 Å². The van der Waals surface area contributed by atoms with Gasteiger partial charge in [0.2, 0.25) is 5.91 Å². The summed E-state index contributed by atoms with van der Waals surface area (Å²) in [5, 5.41) is 14.8. The number of nitrogens with one attached hydrogen (secondary N) is 1. The highest BCUT2D eigenvalue weighted by Crippen LogP contribution is 2.40. The number of likely N-dealkylation sites (N-methyl/N-ethyl adjacent to an activating group) is 1. The summed E-state index contributed by atoms with van der Waals surface area (Å²) in [6.07, 6.45) is 11.6. The van der Waals surface area contributed by atoms with Crippen molar-refractivity contribution < 1.29 is 33.6 Å². The predicted octanol–water partition coefficient (Wildman–Crippen LogP) is 4.21. The predicted molar refractivity (Wildman–Crippen MR) is 230 cm³/mol. The lowest BCUT2D eigenvalue weighted by atomic mass is 9.97. The van der Waals surface area contributed by atoms with E-state index in [4.69, 9.17) is 18.9 Å².